The molecule has 0 fully saturated rings. The zero-order valence-corrected chi connectivity index (χ0v) is 14.3. The number of allylic oxidation sites excluding steroid dienone is 5. The molecule has 0 atom stereocenters. The van der Waals surface area contributed by atoms with Crippen molar-refractivity contribution < 1.29 is 0 Å². The molecular formula is C18H19ClN2S. The van der Waals surface area contributed by atoms with Crippen molar-refractivity contribution in [3.05, 3.63) is 75.8 Å². The van der Waals surface area contributed by atoms with Crippen LogP contribution in [-0.4, -0.2) is 4.98 Å². The lowest BCUT2D eigenvalue weighted by molar-refractivity contribution is 1.16. The van der Waals surface area contributed by atoms with Crippen molar-refractivity contribution in [1.82, 2.24) is 4.98 Å². The minimum absolute atomic E-state index is 0.558. The Morgan fingerprint density at radius 3 is 2.86 bits per heavy atom. The molecule has 0 bridgehead atoms. The van der Waals surface area contributed by atoms with Crippen LogP contribution in [0.25, 0.3) is 5.57 Å². The van der Waals surface area contributed by atoms with Gasteiger partial charge in [-0.05, 0) is 31.0 Å². The fourth-order valence-electron chi connectivity index (χ4n) is 2.21. The fraction of sp³-hybridized carbons (Fsp3) is 0.167. The van der Waals surface area contributed by atoms with Crippen LogP contribution < -0.4 is 5.73 Å². The van der Waals surface area contributed by atoms with Crippen molar-refractivity contribution in [3.8, 4) is 0 Å². The standard InChI is InChI=1S/C18H19ClN2S/c1-4-6-9-13(5-2)17-16(22-18(20)21-17)11-14-12(3)8-7-10-15(14)19/h4-10H,2,11H2,1,3H3,(H2,20,21)/b6-4-,13-9+. The van der Waals surface area contributed by atoms with Crippen LogP contribution >= 0.6 is 22.9 Å². The zero-order valence-electron chi connectivity index (χ0n) is 12.8. The first-order valence-electron chi connectivity index (χ1n) is 7.01. The van der Waals surface area contributed by atoms with E-state index in [2.05, 4.69) is 24.6 Å². The third kappa shape index (κ3) is 3.67. The monoisotopic (exact) mass is 330 g/mol. The molecule has 0 spiro atoms. The molecule has 114 valence electrons. The van der Waals surface area contributed by atoms with Crippen LogP contribution in [0.5, 0.6) is 0 Å². The molecule has 2 nitrogen and oxygen atoms in total. The summed E-state index contributed by atoms with van der Waals surface area (Å²) in [5.74, 6) is 0. The number of nitrogens with zero attached hydrogens (tertiary/aromatic N) is 1. The van der Waals surface area contributed by atoms with Gasteiger partial charge >= 0.3 is 0 Å². The minimum atomic E-state index is 0.558. The molecule has 1 aromatic carbocycles. The van der Waals surface area contributed by atoms with E-state index in [1.807, 2.05) is 37.3 Å². The Hall–Kier alpha value is -1.84. The quantitative estimate of drug-likeness (QED) is 0.743. The van der Waals surface area contributed by atoms with Gasteiger partial charge in [0.05, 0.1) is 5.69 Å². The lowest BCUT2D eigenvalue weighted by Gasteiger charge is -2.08. The van der Waals surface area contributed by atoms with E-state index < -0.39 is 0 Å². The molecule has 0 unspecified atom stereocenters. The van der Waals surface area contributed by atoms with Crippen molar-refractivity contribution in [2.75, 3.05) is 5.73 Å². The molecule has 0 aliphatic heterocycles. The highest BCUT2D eigenvalue weighted by molar-refractivity contribution is 7.15. The van der Waals surface area contributed by atoms with E-state index in [4.69, 9.17) is 17.3 Å². The maximum atomic E-state index is 6.34. The molecular weight excluding hydrogens is 312 g/mol. The van der Waals surface area contributed by atoms with Crippen LogP contribution in [-0.2, 0) is 6.42 Å². The zero-order chi connectivity index (χ0) is 16.1. The number of hydrogen-bond donors (Lipinski definition) is 1. The second kappa shape index (κ2) is 7.43. The Labute approximate surface area is 140 Å². The van der Waals surface area contributed by atoms with E-state index in [-0.39, 0.29) is 0 Å². The first-order valence-corrected chi connectivity index (χ1v) is 8.21. The molecule has 1 heterocycles. The van der Waals surface area contributed by atoms with Gasteiger partial charge in [0.2, 0.25) is 0 Å². The van der Waals surface area contributed by atoms with Crippen molar-refractivity contribution in [2.45, 2.75) is 20.3 Å². The molecule has 2 rings (SSSR count). The average molecular weight is 331 g/mol. The van der Waals surface area contributed by atoms with Crippen molar-refractivity contribution in [3.63, 3.8) is 0 Å². The SMILES string of the molecule is C=C/C(=C\C=C/C)c1nc(N)sc1Cc1c(C)cccc1Cl. The number of nitrogen functional groups attached to an aromatic ring is 1. The molecule has 0 radical (unpaired) electrons. The van der Waals surface area contributed by atoms with Gasteiger partial charge < -0.3 is 5.73 Å². The highest BCUT2D eigenvalue weighted by atomic mass is 35.5. The number of hydrogen-bond acceptors (Lipinski definition) is 3. The fourth-order valence-corrected chi connectivity index (χ4v) is 3.36. The Kier molecular flexibility index (Phi) is 5.58. The maximum absolute atomic E-state index is 6.34. The number of halogens is 1. The number of thiazole rings is 1. The van der Waals surface area contributed by atoms with Gasteiger partial charge in [0.1, 0.15) is 0 Å². The van der Waals surface area contributed by atoms with Gasteiger partial charge in [-0.25, -0.2) is 4.98 Å². The number of benzene rings is 1. The predicted octanol–water partition coefficient (Wildman–Crippen LogP) is 5.42. The maximum Gasteiger partial charge on any atom is 0.180 e. The van der Waals surface area contributed by atoms with E-state index >= 15 is 0 Å². The summed E-state index contributed by atoms with van der Waals surface area (Å²) >= 11 is 7.84. The van der Waals surface area contributed by atoms with Crippen molar-refractivity contribution in [1.29, 1.82) is 0 Å². The molecule has 22 heavy (non-hydrogen) atoms. The number of rotatable bonds is 5. The molecule has 2 aromatic rings. The van der Waals surface area contributed by atoms with E-state index in [0.29, 0.717) is 5.13 Å². The molecule has 2 N–H and O–H groups in total. The summed E-state index contributed by atoms with van der Waals surface area (Å²) in [6.45, 7) is 7.92. The molecule has 0 aliphatic rings. The van der Waals surface area contributed by atoms with Gasteiger partial charge in [0.25, 0.3) is 0 Å². The van der Waals surface area contributed by atoms with Gasteiger partial charge in [-0.2, -0.15) is 0 Å². The molecule has 0 saturated heterocycles. The number of aryl methyl sites for hydroxylation is 1. The third-order valence-electron chi connectivity index (χ3n) is 3.37. The summed E-state index contributed by atoms with van der Waals surface area (Å²) in [7, 11) is 0. The van der Waals surface area contributed by atoms with E-state index in [1.54, 1.807) is 6.08 Å². The minimum Gasteiger partial charge on any atom is -0.375 e. The van der Waals surface area contributed by atoms with Gasteiger partial charge in [0.15, 0.2) is 5.13 Å². The van der Waals surface area contributed by atoms with Gasteiger partial charge in [0, 0.05) is 21.9 Å². The molecule has 0 amide bonds. The molecule has 0 saturated carbocycles. The summed E-state index contributed by atoms with van der Waals surface area (Å²) in [5.41, 5.74) is 10.1. The predicted molar refractivity (Wildman–Crippen MR) is 98.5 cm³/mol. The number of aromatic nitrogens is 1. The summed E-state index contributed by atoms with van der Waals surface area (Å²) in [5, 5.41) is 1.33. The normalized spacial score (nSPS) is 12.0. The second-order valence-electron chi connectivity index (χ2n) is 4.89. The number of anilines is 1. The highest BCUT2D eigenvalue weighted by Gasteiger charge is 2.15. The lowest BCUT2D eigenvalue weighted by atomic mass is 10.0. The Morgan fingerprint density at radius 1 is 1.45 bits per heavy atom. The van der Waals surface area contributed by atoms with E-state index in [1.165, 1.54) is 16.9 Å². The largest absolute Gasteiger partial charge is 0.375 e. The Balaban J connectivity index is 2.47. The van der Waals surface area contributed by atoms with Gasteiger partial charge in [-0.1, -0.05) is 54.6 Å². The first kappa shape index (κ1) is 16.5. The van der Waals surface area contributed by atoms with E-state index in [9.17, 15) is 0 Å². The van der Waals surface area contributed by atoms with Gasteiger partial charge in [-0.15, -0.1) is 11.3 Å². The third-order valence-corrected chi connectivity index (χ3v) is 4.60. The van der Waals surface area contributed by atoms with Crippen LogP contribution in [0.3, 0.4) is 0 Å². The van der Waals surface area contributed by atoms with Crippen LogP contribution in [0.15, 0.2) is 49.1 Å². The van der Waals surface area contributed by atoms with Crippen LogP contribution in [0.4, 0.5) is 5.13 Å². The highest BCUT2D eigenvalue weighted by Crippen LogP contribution is 2.32. The Morgan fingerprint density at radius 2 is 2.23 bits per heavy atom. The van der Waals surface area contributed by atoms with Crippen molar-refractivity contribution >= 4 is 33.6 Å². The summed E-state index contributed by atoms with van der Waals surface area (Å²) < 4.78 is 0. The second-order valence-corrected chi connectivity index (χ2v) is 6.41. The van der Waals surface area contributed by atoms with Crippen molar-refractivity contribution in [2.24, 2.45) is 0 Å². The van der Waals surface area contributed by atoms with E-state index in [0.717, 1.165) is 33.2 Å². The summed E-state index contributed by atoms with van der Waals surface area (Å²) in [6, 6.07) is 5.94. The molecule has 0 aliphatic carbocycles. The smallest absolute Gasteiger partial charge is 0.180 e. The van der Waals surface area contributed by atoms with Crippen LogP contribution in [0.1, 0.15) is 28.6 Å². The topological polar surface area (TPSA) is 38.9 Å². The number of nitrogens with two attached hydrogens (primary N) is 1. The van der Waals surface area contributed by atoms with Crippen LogP contribution in [0, 0.1) is 6.92 Å². The molecule has 1 aromatic heterocycles. The lowest BCUT2D eigenvalue weighted by Crippen LogP contribution is -1.95. The first-order chi connectivity index (χ1) is 10.6. The van der Waals surface area contributed by atoms with Crippen LogP contribution in [0.2, 0.25) is 5.02 Å². The summed E-state index contributed by atoms with van der Waals surface area (Å²) in [4.78, 5) is 5.57. The Bertz CT molecular complexity index is 721. The molecule has 4 heteroatoms. The average Bonchev–Trinajstić information content (AvgIpc) is 2.85. The van der Waals surface area contributed by atoms with Gasteiger partial charge in [-0.3, -0.25) is 0 Å². The summed E-state index contributed by atoms with van der Waals surface area (Å²) in [6.07, 6.45) is 8.45.